The second-order valence-electron chi connectivity index (χ2n) is 12.4. The maximum absolute atomic E-state index is 13.4. The molecule has 22 heteroatoms. The van der Waals surface area contributed by atoms with Crippen LogP contribution in [0.15, 0.2) is 97.1 Å². The van der Waals surface area contributed by atoms with Crippen molar-refractivity contribution in [2.75, 3.05) is 40.3 Å². The molecule has 1 saturated heterocycles. The molecule has 2 aromatic heterocycles. The number of ether oxygens (including phenoxy) is 1. The average molecular weight is 873 g/mol. The third-order valence-electron chi connectivity index (χ3n) is 8.97. The van der Waals surface area contributed by atoms with E-state index in [1.807, 2.05) is 24.3 Å². The Morgan fingerprint density at radius 1 is 0.621 bits per heavy atom. The number of aliphatic carboxylic acids is 2. The van der Waals surface area contributed by atoms with Crippen LogP contribution in [0.1, 0.15) is 10.4 Å². The number of piperazine rings is 1. The van der Waals surface area contributed by atoms with Crippen molar-refractivity contribution < 1.29 is 88.4 Å². The number of benzene rings is 4. The summed E-state index contributed by atoms with van der Waals surface area (Å²) in [5, 5.41) is 42.6. The molecule has 1 aliphatic rings. The van der Waals surface area contributed by atoms with E-state index in [2.05, 4.69) is 31.0 Å². The normalized spacial score (nSPS) is 14.8. The number of carboxylic acids is 2. The number of carbonyl (C=O) groups is 3. The minimum atomic E-state index is -1.68. The molecule has 1 aliphatic heterocycles. The first-order valence-electron chi connectivity index (χ1n) is 16.8. The van der Waals surface area contributed by atoms with Gasteiger partial charge in [-0.3, -0.25) is 34.3 Å². The number of amides is 1. The van der Waals surface area contributed by atoms with E-state index in [0.29, 0.717) is 47.6 Å². The van der Waals surface area contributed by atoms with Crippen molar-refractivity contribution in [3.8, 4) is 17.1 Å². The van der Waals surface area contributed by atoms with E-state index in [0.717, 1.165) is 11.4 Å². The smallest absolute Gasteiger partial charge is 0.548 e. The Labute approximate surface area is 394 Å². The van der Waals surface area contributed by atoms with Crippen molar-refractivity contribution >= 4 is 89.5 Å². The van der Waals surface area contributed by atoms with Gasteiger partial charge in [0.25, 0.3) is 5.91 Å². The molecule has 2 atom stereocenters. The zero-order valence-electron chi connectivity index (χ0n) is 30.9. The molecule has 286 valence electrons. The molecule has 1 amide bonds. The molecule has 1 fully saturated rings. The number of carboxylic acid groups (broad SMARTS) is 2. The summed E-state index contributed by atoms with van der Waals surface area (Å²) in [5.41, 5.74) is 3.44. The van der Waals surface area contributed by atoms with E-state index in [1.165, 1.54) is 15.9 Å². The van der Waals surface area contributed by atoms with Gasteiger partial charge in [0.05, 0.1) is 35.4 Å². The fourth-order valence-electron chi connectivity index (χ4n) is 6.48. The first-order valence-corrected chi connectivity index (χ1v) is 18.5. The predicted octanol–water partition coefficient (Wildman–Crippen LogP) is -2.23. The fourth-order valence-corrected chi connectivity index (χ4v) is 7.59. The Hall–Kier alpha value is -4.35. The van der Waals surface area contributed by atoms with Gasteiger partial charge in [-0.25, -0.2) is 0 Å². The molecule has 4 aromatic carbocycles. The van der Waals surface area contributed by atoms with Crippen molar-refractivity contribution in [2.45, 2.75) is 12.1 Å². The Morgan fingerprint density at radius 2 is 1.07 bits per heavy atom. The van der Waals surface area contributed by atoms with E-state index in [1.54, 1.807) is 75.9 Å². The molecule has 3 heterocycles. The summed E-state index contributed by atoms with van der Waals surface area (Å²) in [6.07, 6.45) is 0. The number of aromatic nitrogens is 6. The van der Waals surface area contributed by atoms with Crippen molar-refractivity contribution in [1.82, 2.24) is 29.5 Å². The van der Waals surface area contributed by atoms with E-state index < -0.39 is 29.9 Å². The quantitative estimate of drug-likeness (QED) is 0.0438. The first kappa shape index (κ1) is 44.7. The molecular weight excluding hydrogens is 843 g/mol. The van der Waals surface area contributed by atoms with Crippen LogP contribution in [0.4, 0.5) is 22.7 Å². The summed E-state index contributed by atoms with van der Waals surface area (Å²) in [4.78, 5) is 41.7. The average Bonchev–Trinajstić information content (AvgIpc) is 3.72. The van der Waals surface area contributed by atoms with Crippen LogP contribution in [-0.2, 0) is 9.59 Å². The topological polar surface area (TPSA) is 210 Å². The van der Waals surface area contributed by atoms with Gasteiger partial charge in [0.2, 0.25) is 0 Å². The van der Waals surface area contributed by atoms with Crippen molar-refractivity contribution in [1.29, 1.82) is 0 Å². The molecule has 0 aliphatic carbocycles. The van der Waals surface area contributed by atoms with E-state index in [4.69, 9.17) is 53.6 Å². The van der Waals surface area contributed by atoms with Crippen LogP contribution in [0, 0.1) is 19.1 Å². The van der Waals surface area contributed by atoms with Gasteiger partial charge in [-0.1, -0.05) is 24.3 Å². The summed E-state index contributed by atoms with van der Waals surface area (Å²) in [5.74, 6) is -3.33. The Balaban J connectivity index is 0.00000320. The number of nitrogens with one attached hydrogen (secondary N) is 6. The second-order valence-corrected chi connectivity index (χ2v) is 13.9. The molecule has 6 N–H and O–H groups in total. The number of aromatic amines is 4. The maximum Gasteiger partial charge on any atom is 1.00 e. The summed E-state index contributed by atoms with van der Waals surface area (Å²) in [7, 11) is 0. The SMILES string of the molecule is O=C(Nc1cccc(-n2c(=S)[nH][nH]c2=S)c1)c1cccc(N2CCN(c3cccc(OCNc4cccc(-n5c(=S)[nH][nH]c5=S)c4)c3)C(C(=O)[O-])C2C(=O)[O-])c1.[Na+].[Na+]. The summed E-state index contributed by atoms with van der Waals surface area (Å²) in [6.45, 7) is 0.210. The van der Waals surface area contributed by atoms with Gasteiger partial charge in [0.1, 0.15) is 5.75 Å². The predicted molar refractivity (Wildman–Crippen MR) is 215 cm³/mol. The number of hydrogen-bond acceptors (Lipinski definition) is 13. The van der Waals surface area contributed by atoms with Crippen LogP contribution in [0.25, 0.3) is 11.4 Å². The third kappa shape index (κ3) is 9.74. The van der Waals surface area contributed by atoms with Gasteiger partial charge >= 0.3 is 59.1 Å². The van der Waals surface area contributed by atoms with Crippen molar-refractivity contribution in [3.63, 3.8) is 0 Å². The zero-order valence-corrected chi connectivity index (χ0v) is 38.2. The van der Waals surface area contributed by atoms with Gasteiger partial charge in [0.15, 0.2) is 25.8 Å². The molecule has 7 rings (SSSR count). The zero-order chi connectivity index (χ0) is 39.5. The van der Waals surface area contributed by atoms with Crippen LogP contribution in [-0.4, -0.2) is 79.3 Å². The van der Waals surface area contributed by atoms with Gasteiger partial charge in [-0.15, -0.1) is 0 Å². The number of anilines is 4. The van der Waals surface area contributed by atoms with E-state index in [9.17, 15) is 24.6 Å². The number of nitrogens with zero attached hydrogens (tertiary/aromatic N) is 4. The monoisotopic (exact) mass is 872 g/mol. The molecular formula is C36H30N10Na2O6S4. The fraction of sp³-hybridized carbons (Fsp3) is 0.139. The molecule has 58 heavy (non-hydrogen) atoms. The molecule has 6 aromatic rings. The standard InChI is InChI=1S/C36H32N10O6S4.2Na/c47-30(38-22-7-3-11-26(17-22)46-35(55)41-42-36(46)56)20-5-1-8-23(15-20)43-13-14-44(29(32(50)51)28(43)31(48)49)24-9-4-12-27(18-24)52-19-37-21-6-2-10-25(16-21)45-33(53)39-40-34(45)54;;/h1-12,15-18,28-29,37H,13-14,19H2,(H,38,47)(H,39,53)(H,40,54)(H,41,55)(H,42,56)(H,48,49)(H,50,51);;/q;2*+1/p-2. The number of H-pyrrole nitrogens is 4. The largest absolute Gasteiger partial charge is 1.00 e. The van der Waals surface area contributed by atoms with E-state index in [-0.39, 0.29) is 84.5 Å². The molecule has 2 unspecified atom stereocenters. The Bertz CT molecular complexity index is 2660. The van der Waals surface area contributed by atoms with Gasteiger partial charge in [0, 0.05) is 47.5 Å². The van der Waals surface area contributed by atoms with Gasteiger partial charge < -0.3 is 45.0 Å². The molecule has 0 bridgehead atoms. The maximum atomic E-state index is 13.4. The third-order valence-corrected chi connectivity index (χ3v) is 10.1. The van der Waals surface area contributed by atoms with Crippen LogP contribution in [0.2, 0.25) is 0 Å². The minimum absolute atomic E-state index is 0. The number of rotatable bonds is 12. The Morgan fingerprint density at radius 3 is 1.60 bits per heavy atom. The van der Waals surface area contributed by atoms with Crippen LogP contribution < -0.4 is 94.5 Å². The van der Waals surface area contributed by atoms with Crippen LogP contribution in [0.5, 0.6) is 5.75 Å². The summed E-state index contributed by atoms with van der Waals surface area (Å²) in [6, 6.07) is 23.8. The molecule has 0 radical (unpaired) electrons. The summed E-state index contributed by atoms with van der Waals surface area (Å²) < 4.78 is 10.7. The van der Waals surface area contributed by atoms with Crippen molar-refractivity contribution in [3.05, 3.63) is 122 Å². The van der Waals surface area contributed by atoms with Crippen LogP contribution >= 0.6 is 48.9 Å². The molecule has 0 saturated carbocycles. The second kappa shape index (κ2) is 19.6. The van der Waals surface area contributed by atoms with Gasteiger partial charge in [-0.2, -0.15) is 0 Å². The molecule has 16 nitrogen and oxygen atoms in total. The van der Waals surface area contributed by atoms with Gasteiger partial charge in [-0.05, 0) is 116 Å². The van der Waals surface area contributed by atoms with E-state index >= 15 is 0 Å². The van der Waals surface area contributed by atoms with Crippen LogP contribution in [0.3, 0.4) is 0 Å². The van der Waals surface area contributed by atoms with Crippen molar-refractivity contribution in [2.24, 2.45) is 0 Å². The minimum Gasteiger partial charge on any atom is -0.548 e. The summed E-state index contributed by atoms with van der Waals surface area (Å²) >= 11 is 21.2. The Kier molecular flexibility index (Phi) is 15.1. The molecule has 0 spiro atoms. The number of carbonyl (C=O) groups excluding carboxylic acids is 3. The first-order chi connectivity index (χ1) is 27.0. The number of hydrogen-bond donors (Lipinski definition) is 6.